The summed E-state index contributed by atoms with van der Waals surface area (Å²) < 4.78 is 0. The largest absolute Gasteiger partial charge is 0.448 e. The van der Waals surface area contributed by atoms with Crippen LogP contribution in [0.25, 0.3) is 0 Å². The predicted octanol–water partition coefficient (Wildman–Crippen LogP) is 2.15. The summed E-state index contributed by atoms with van der Waals surface area (Å²) in [5, 5.41) is 0. The molecule has 3 nitrogen and oxygen atoms in total. The summed E-state index contributed by atoms with van der Waals surface area (Å²) in [6.07, 6.45) is 5.03. The van der Waals surface area contributed by atoms with Crippen molar-refractivity contribution in [1.82, 2.24) is 4.90 Å². The maximum Gasteiger partial charge on any atom is 0.0740 e. The smallest absolute Gasteiger partial charge is 0.0740 e. The molecule has 1 heterocycles. The molecule has 0 spiro atoms. The van der Waals surface area contributed by atoms with Gasteiger partial charge in [0.25, 0.3) is 0 Å². The average Bonchev–Trinajstić information content (AvgIpc) is 2.26. The average molecular weight is 316 g/mol. The fourth-order valence-electron chi connectivity index (χ4n) is 1.08. The third-order valence-electron chi connectivity index (χ3n) is 1.68. The van der Waals surface area contributed by atoms with Crippen LogP contribution < -0.4 is 0 Å². The van der Waals surface area contributed by atoms with Gasteiger partial charge in [0.15, 0.2) is 0 Å². The van der Waals surface area contributed by atoms with Crippen LogP contribution in [0.4, 0.5) is 0 Å². The van der Waals surface area contributed by atoms with Crippen molar-refractivity contribution in [2.24, 2.45) is 0 Å². The van der Waals surface area contributed by atoms with E-state index >= 15 is 0 Å². The van der Waals surface area contributed by atoms with E-state index in [1.54, 1.807) is 6.41 Å². The summed E-state index contributed by atoms with van der Waals surface area (Å²) in [6, 6.07) is 0. The standard InChI is InChI=1S/C7H10NO2.C4H11Si.Y/c9-6-8-5-3-1-2-4-7(8)10;1-5(2,3)4;/h1-5H2;1H2,2-4H3;/q2*-1;. The van der Waals surface area contributed by atoms with Crippen LogP contribution in [-0.4, -0.2) is 31.8 Å². The summed E-state index contributed by atoms with van der Waals surface area (Å²) in [6.45, 7) is 11.1. The van der Waals surface area contributed by atoms with Crippen LogP contribution in [0.5, 0.6) is 0 Å². The molecule has 0 bridgehead atoms. The van der Waals surface area contributed by atoms with Crippen LogP contribution in [0.1, 0.15) is 25.7 Å². The number of likely N-dealkylation sites (tertiary alicyclic amines) is 1. The number of carbonyl (C=O) groups excluding carboxylic acids is 2. The van der Waals surface area contributed by atoms with E-state index in [1.807, 2.05) is 0 Å². The van der Waals surface area contributed by atoms with Gasteiger partial charge in [0.1, 0.15) is 0 Å². The maximum absolute atomic E-state index is 10.9. The molecular weight excluding hydrogens is 295 g/mol. The number of hydrogen-bond donors (Lipinski definition) is 0. The van der Waals surface area contributed by atoms with Gasteiger partial charge in [0.05, 0.1) is 12.3 Å². The van der Waals surface area contributed by atoms with Crippen LogP contribution in [0, 0.1) is 6.55 Å². The molecule has 16 heavy (non-hydrogen) atoms. The molecule has 0 aromatic heterocycles. The number of carbonyl (C=O) groups is 1. The second kappa shape index (κ2) is 9.49. The summed E-state index contributed by atoms with van der Waals surface area (Å²) in [4.78, 5) is 22.2. The van der Waals surface area contributed by atoms with E-state index in [0.29, 0.717) is 13.0 Å². The fraction of sp³-hybridized carbons (Fsp3) is 0.727. The first-order chi connectivity index (χ1) is 6.84. The Labute approximate surface area is 125 Å². The van der Waals surface area contributed by atoms with Gasteiger partial charge in [-0.15, -0.1) is 8.07 Å². The van der Waals surface area contributed by atoms with Crippen LogP contribution in [0.3, 0.4) is 0 Å². The van der Waals surface area contributed by atoms with Crippen molar-refractivity contribution >= 4 is 20.4 Å². The Bertz CT molecular complexity index is 211. The zero-order valence-electron chi connectivity index (χ0n) is 10.6. The van der Waals surface area contributed by atoms with E-state index in [9.17, 15) is 9.59 Å². The first-order valence-corrected chi connectivity index (χ1v) is 9.09. The molecule has 1 fully saturated rings. The molecule has 0 aromatic rings. The van der Waals surface area contributed by atoms with E-state index < -0.39 is 8.07 Å². The third kappa shape index (κ3) is 12.5. The molecule has 1 aliphatic heterocycles. The van der Waals surface area contributed by atoms with Gasteiger partial charge in [-0.2, -0.15) is 0 Å². The Balaban J connectivity index is 0. The monoisotopic (exact) mass is 316 g/mol. The molecule has 91 valence electrons. The zero-order chi connectivity index (χ0) is 11.9. The number of imide groups is 1. The molecule has 2 amide bonds. The van der Waals surface area contributed by atoms with Crippen molar-refractivity contribution in [2.75, 3.05) is 6.54 Å². The minimum absolute atomic E-state index is 0. The van der Waals surface area contributed by atoms with E-state index in [-0.39, 0.29) is 38.6 Å². The predicted molar refractivity (Wildman–Crippen MR) is 64.6 cm³/mol. The number of hydrogen-bond acceptors (Lipinski definition) is 2. The Hall–Kier alpha value is 0.461. The molecule has 0 saturated carbocycles. The Morgan fingerprint density at radius 3 is 2.19 bits per heavy atom. The van der Waals surface area contributed by atoms with E-state index in [2.05, 4.69) is 26.2 Å². The van der Waals surface area contributed by atoms with Gasteiger partial charge in [-0.3, -0.25) is 0 Å². The van der Waals surface area contributed by atoms with E-state index in [1.165, 1.54) is 0 Å². The summed E-state index contributed by atoms with van der Waals surface area (Å²) >= 11 is 0. The van der Waals surface area contributed by atoms with Crippen LogP contribution >= 0.6 is 0 Å². The molecule has 5 heteroatoms. The van der Waals surface area contributed by atoms with Gasteiger partial charge in [0.2, 0.25) is 0 Å². The Morgan fingerprint density at radius 1 is 1.25 bits per heavy atom. The maximum atomic E-state index is 10.9. The minimum Gasteiger partial charge on any atom is -0.448 e. The van der Waals surface area contributed by atoms with Gasteiger partial charge >= 0.3 is 0 Å². The molecule has 1 saturated heterocycles. The second-order valence-electron chi connectivity index (χ2n) is 5.01. The van der Waals surface area contributed by atoms with Crippen molar-refractivity contribution in [1.29, 1.82) is 0 Å². The molecule has 1 radical (unpaired) electrons. The SMILES string of the molecule is O=[C-]N1CCCCCC1=O.[CH2-][Si](C)(C)C.[Y]. The zero-order valence-corrected chi connectivity index (χ0v) is 14.4. The molecule has 0 unspecified atom stereocenters. The molecule has 0 atom stereocenters. The third-order valence-corrected chi connectivity index (χ3v) is 1.68. The van der Waals surface area contributed by atoms with Crippen molar-refractivity contribution < 1.29 is 42.3 Å². The van der Waals surface area contributed by atoms with Gasteiger partial charge < -0.3 is 21.0 Å². The molecular formula is C11H21NO2SiY-2. The van der Waals surface area contributed by atoms with Gasteiger partial charge in [-0.1, -0.05) is 32.5 Å². The quantitative estimate of drug-likeness (QED) is 0.549. The molecule has 1 aliphatic rings. The van der Waals surface area contributed by atoms with E-state index in [4.69, 9.17) is 0 Å². The van der Waals surface area contributed by atoms with Crippen molar-refractivity contribution in [3.8, 4) is 0 Å². The Morgan fingerprint density at radius 2 is 1.75 bits per heavy atom. The Kier molecular flexibility index (Phi) is 11.2. The van der Waals surface area contributed by atoms with Gasteiger partial charge in [-0.05, 0) is 19.4 Å². The first kappa shape index (κ1) is 18.8. The van der Waals surface area contributed by atoms with Crippen molar-refractivity contribution in [2.45, 2.75) is 45.3 Å². The summed E-state index contributed by atoms with van der Waals surface area (Å²) in [5.41, 5.74) is 0. The van der Waals surface area contributed by atoms with Crippen LogP contribution in [0.15, 0.2) is 0 Å². The number of amides is 2. The first-order valence-electron chi connectivity index (χ1n) is 5.38. The topological polar surface area (TPSA) is 37.4 Å². The van der Waals surface area contributed by atoms with Crippen molar-refractivity contribution in [3.05, 3.63) is 6.55 Å². The normalized spacial score (nSPS) is 16.5. The minimum atomic E-state index is -0.861. The van der Waals surface area contributed by atoms with Gasteiger partial charge in [-0.25, -0.2) is 0 Å². The molecule has 0 N–H and O–H groups in total. The molecule has 1 rings (SSSR count). The van der Waals surface area contributed by atoms with Crippen molar-refractivity contribution in [3.63, 3.8) is 0 Å². The fourth-order valence-corrected chi connectivity index (χ4v) is 1.08. The molecule has 0 aliphatic carbocycles. The number of nitrogens with zero attached hydrogens (tertiary/aromatic N) is 1. The molecule has 0 aromatic carbocycles. The second-order valence-corrected chi connectivity index (χ2v) is 10.1. The summed E-state index contributed by atoms with van der Waals surface area (Å²) in [7, 11) is -0.861. The van der Waals surface area contributed by atoms with Gasteiger partial charge in [0, 0.05) is 32.7 Å². The van der Waals surface area contributed by atoms with Crippen LogP contribution in [0.2, 0.25) is 19.6 Å². The number of rotatable bonds is 1. The van der Waals surface area contributed by atoms with E-state index in [0.717, 1.165) is 24.2 Å². The van der Waals surface area contributed by atoms with Crippen LogP contribution in [-0.2, 0) is 42.3 Å². The summed E-state index contributed by atoms with van der Waals surface area (Å²) in [5.74, 6) is -0.0764.